The van der Waals surface area contributed by atoms with E-state index in [4.69, 9.17) is 4.74 Å². The average Bonchev–Trinajstić information content (AvgIpc) is 2.39. The van der Waals surface area contributed by atoms with Gasteiger partial charge in [-0.25, -0.2) is 0 Å². The van der Waals surface area contributed by atoms with Gasteiger partial charge in [-0.3, -0.25) is 0 Å². The molecule has 3 nitrogen and oxygen atoms in total. The molecule has 1 saturated heterocycles. The molecule has 0 radical (unpaired) electrons. The first kappa shape index (κ1) is 12.0. The molecule has 2 aliphatic rings. The quantitative estimate of drug-likeness (QED) is 0.835. The molecule has 2 N–H and O–H groups in total. The molecule has 0 aromatic heterocycles. The third-order valence-electron chi connectivity index (χ3n) is 4.09. The Morgan fingerprint density at radius 3 is 2.72 bits per heavy atom. The van der Waals surface area contributed by atoms with Gasteiger partial charge >= 0.3 is 0 Å². The predicted octanol–water partition coefficient (Wildman–Crippen LogP) is 1.85. The number of benzene rings is 1. The first-order valence-corrected chi connectivity index (χ1v) is 6.97. The summed E-state index contributed by atoms with van der Waals surface area (Å²) in [6.45, 7) is 6.43. The fourth-order valence-corrected chi connectivity index (χ4v) is 2.86. The standard InChI is InChI=1S/C15H22N2O/c1-15(5-8-16-9-6-15)18-14-3-2-13-11-17-7-4-12(13)10-14/h2-3,10,16-17H,4-9,11H2,1H3. The molecule has 0 saturated carbocycles. The van der Waals surface area contributed by atoms with E-state index in [0.717, 1.165) is 51.2 Å². The summed E-state index contributed by atoms with van der Waals surface area (Å²) in [5.74, 6) is 1.04. The molecule has 3 rings (SSSR count). The van der Waals surface area contributed by atoms with E-state index in [9.17, 15) is 0 Å². The number of ether oxygens (including phenoxy) is 1. The van der Waals surface area contributed by atoms with Crippen LogP contribution in [0.5, 0.6) is 5.75 Å². The third kappa shape index (κ3) is 2.52. The van der Waals surface area contributed by atoms with Gasteiger partial charge in [0.1, 0.15) is 11.4 Å². The van der Waals surface area contributed by atoms with Crippen LogP contribution in [0, 0.1) is 0 Å². The lowest BCUT2D eigenvalue weighted by Crippen LogP contribution is -2.43. The zero-order valence-corrected chi connectivity index (χ0v) is 11.1. The molecule has 0 aliphatic carbocycles. The summed E-state index contributed by atoms with van der Waals surface area (Å²) in [5.41, 5.74) is 2.87. The van der Waals surface area contributed by atoms with E-state index in [1.165, 1.54) is 11.1 Å². The molecule has 1 aromatic carbocycles. The molecular weight excluding hydrogens is 224 g/mol. The second-order valence-corrected chi connectivity index (χ2v) is 5.66. The van der Waals surface area contributed by atoms with Crippen molar-refractivity contribution in [3.63, 3.8) is 0 Å². The smallest absolute Gasteiger partial charge is 0.120 e. The SMILES string of the molecule is CC1(Oc2ccc3c(c2)CCNC3)CCNCC1. The Morgan fingerprint density at radius 2 is 1.89 bits per heavy atom. The van der Waals surface area contributed by atoms with Gasteiger partial charge in [-0.1, -0.05) is 6.07 Å². The van der Waals surface area contributed by atoms with Crippen LogP contribution in [-0.2, 0) is 13.0 Å². The van der Waals surface area contributed by atoms with E-state index in [1.54, 1.807) is 0 Å². The van der Waals surface area contributed by atoms with Crippen molar-refractivity contribution in [1.82, 2.24) is 10.6 Å². The van der Waals surface area contributed by atoms with Gasteiger partial charge in [0.15, 0.2) is 0 Å². The van der Waals surface area contributed by atoms with Gasteiger partial charge in [0.05, 0.1) is 0 Å². The normalized spacial score (nSPS) is 22.3. The van der Waals surface area contributed by atoms with Crippen molar-refractivity contribution in [3.8, 4) is 5.75 Å². The Balaban J connectivity index is 1.76. The van der Waals surface area contributed by atoms with Gasteiger partial charge in [-0.05, 0) is 69.1 Å². The summed E-state index contributed by atoms with van der Waals surface area (Å²) in [7, 11) is 0. The Labute approximate surface area is 109 Å². The first-order valence-electron chi connectivity index (χ1n) is 6.97. The Bertz CT molecular complexity index is 425. The summed E-state index contributed by atoms with van der Waals surface area (Å²) in [4.78, 5) is 0. The zero-order chi connectivity index (χ0) is 12.4. The van der Waals surface area contributed by atoms with Crippen LogP contribution < -0.4 is 15.4 Å². The van der Waals surface area contributed by atoms with E-state index >= 15 is 0 Å². The minimum atomic E-state index is 0.00635. The monoisotopic (exact) mass is 246 g/mol. The topological polar surface area (TPSA) is 33.3 Å². The maximum Gasteiger partial charge on any atom is 0.120 e. The minimum Gasteiger partial charge on any atom is -0.487 e. The van der Waals surface area contributed by atoms with Crippen LogP contribution in [0.1, 0.15) is 30.9 Å². The van der Waals surface area contributed by atoms with Crippen LogP contribution in [0.15, 0.2) is 18.2 Å². The van der Waals surface area contributed by atoms with Crippen LogP contribution in [0.4, 0.5) is 0 Å². The van der Waals surface area contributed by atoms with Gasteiger partial charge in [-0.2, -0.15) is 0 Å². The van der Waals surface area contributed by atoms with Crippen molar-refractivity contribution < 1.29 is 4.74 Å². The van der Waals surface area contributed by atoms with Crippen LogP contribution in [0.25, 0.3) is 0 Å². The predicted molar refractivity (Wildman–Crippen MR) is 73.0 cm³/mol. The maximum atomic E-state index is 6.25. The van der Waals surface area contributed by atoms with Crippen LogP contribution in [-0.4, -0.2) is 25.2 Å². The fraction of sp³-hybridized carbons (Fsp3) is 0.600. The minimum absolute atomic E-state index is 0.00635. The molecule has 2 aliphatic heterocycles. The highest BCUT2D eigenvalue weighted by Gasteiger charge is 2.28. The molecule has 0 bridgehead atoms. The highest BCUT2D eigenvalue weighted by atomic mass is 16.5. The lowest BCUT2D eigenvalue weighted by atomic mass is 9.94. The highest BCUT2D eigenvalue weighted by Crippen LogP contribution is 2.28. The summed E-state index contributed by atoms with van der Waals surface area (Å²) < 4.78 is 6.25. The van der Waals surface area contributed by atoms with Gasteiger partial charge in [0.25, 0.3) is 0 Å². The number of piperidine rings is 1. The molecule has 0 spiro atoms. The summed E-state index contributed by atoms with van der Waals surface area (Å²) >= 11 is 0. The van der Waals surface area contributed by atoms with E-state index < -0.39 is 0 Å². The average molecular weight is 246 g/mol. The van der Waals surface area contributed by atoms with Crippen molar-refractivity contribution in [1.29, 1.82) is 0 Å². The van der Waals surface area contributed by atoms with Crippen LogP contribution in [0.3, 0.4) is 0 Å². The van der Waals surface area contributed by atoms with Gasteiger partial charge in [0, 0.05) is 6.54 Å². The molecule has 2 heterocycles. The van der Waals surface area contributed by atoms with Crippen molar-refractivity contribution in [2.24, 2.45) is 0 Å². The molecule has 0 amide bonds. The number of fused-ring (bicyclic) bond motifs is 1. The molecule has 98 valence electrons. The lowest BCUT2D eigenvalue weighted by Gasteiger charge is -2.35. The van der Waals surface area contributed by atoms with Gasteiger partial charge in [0.2, 0.25) is 0 Å². The number of hydrogen-bond donors (Lipinski definition) is 2. The number of nitrogens with one attached hydrogen (secondary N) is 2. The van der Waals surface area contributed by atoms with Crippen molar-refractivity contribution >= 4 is 0 Å². The number of rotatable bonds is 2. The fourth-order valence-electron chi connectivity index (χ4n) is 2.86. The Hall–Kier alpha value is -1.06. The second kappa shape index (κ2) is 4.90. The van der Waals surface area contributed by atoms with E-state index in [-0.39, 0.29) is 5.60 Å². The van der Waals surface area contributed by atoms with Crippen molar-refractivity contribution in [3.05, 3.63) is 29.3 Å². The Kier molecular flexibility index (Phi) is 3.27. The van der Waals surface area contributed by atoms with Gasteiger partial charge < -0.3 is 15.4 Å². The molecule has 3 heteroatoms. The molecule has 1 fully saturated rings. The maximum absolute atomic E-state index is 6.25. The zero-order valence-electron chi connectivity index (χ0n) is 11.1. The van der Waals surface area contributed by atoms with E-state index in [0.29, 0.717) is 0 Å². The molecular formula is C15H22N2O. The van der Waals surface area contributed by atoms with Gasteiger partial charge in [-0.15, -0.1) is 0 Å². The van der Waals surface area contributed by atoms with E-state index in [1.807, 2.05) is 0 Å². The second-order valence-electron chi connectivity index (χ2n) is 5.66. The van der Waals surface area contributed by atoms with E-state index in [2.05, 4.69) is 35.8 Å². The lowest BCUT2D eigenvalue weighted by molar-refractivity contribution is 0.0555. The van der Waals surface area contributed by atoms with Crippen LogP contribution in [0.2, 0.25) is 0 Å². The first-order chi connectivity index (χ1) is 8.75. The molecule has 18 heavy (non-hydrogen) atoms. The number of hydrogen-bond acceptors (Lipinski definition) is 3. The summed E-state index contributed by atoms with van der Waals surface area (Å²) in [6, 6.07) is 6.57. The van der Waals surface area contributed by atoms with Crippen molar-refractivity contribution in [2.75, 3.05) is 19.6 Å². The summed E-state index contributed by atoms with van der Waals surface area (Å²) in [6.07, 6.45) is 3.29. The highest BCUT2D eigenvalue weighted by molar-refractivity contribution is 5.37. The molecule has 0 atom stereocenters. The third-order valence-corrected chi connectivity index (χ3v) is 4.09. The Morgan fingerprint density at radius 1 is 1.06 bits per heavy atom. The van der Waals surface area contributed by atoms with Crippen LogP contribution >= 0.6 is 0 Å². The largest absolute Gasteiger partial charge is 0.487 e. The summed E-state index contributed by atoms with van der Waals surface area (Å²) in [5, 5.41) is 6.79. The van der Waals surface area contributed by atoms with Crippen molar-refractivity contribution in [2.45, 2.75) is 38.3 Å². The molecule has 1 aromatic rings. The molecule has 0 unspecified atom stereocenters.